The topological polar surface area (TPSA) is 98.7 Å². The van der Waals surface area contributed by atoms with Crippen molar-refractivity contribution in [2.45, 2.75) is 26.8 Å². The Morgan fingerprint density at radius 1 is 1.15 bits per heavy atom. The van der Waals surface area contributed by atoms with Crippen LogP contribution in [0.15, 0.2) is 18.2 Å². The minimum absolute atomic E-state index is 0.240. The fourth-order valence-electron chi connectivity index (χ4n) is 1.55. The van der Waals surface area contributed by atoms with Crippen molar-refractivity contribution in [3.8, 4) is 11.5 Å². The van der Waals surface area contributed by atoms with Gasteiger partial charge in [0.15, 0.2) is 0 Å². The molecule has 0 aliphatic rings. The lowest BCUT2D eigenvalue weighted by Crippen LogP contribution is -2.45. The molecule has 6 heteroatoms. The molecule has 1 rings (SSSR count). The summed E-state index contributed by atoms with van der Waals surface area (Å²) in [7, 11) is 0. The third-order valence-corrected chi connectivity index (χ3v) is 2.67. The average molecular weight is 280 g/mol. The van der Waals surface area contributed by atoms with Gasteiger partial charge in [0.05, 0.1) is 0 Å². The van der Waals surface area contributed by atoms with Crippen LogP contribution in [0.5, 0.6) is 11.5 Å². The van der Waals surface area contributed by atoms with E-state index in [2.05, 4.69) is 10.6 Å². The highest BCUT2D eigenvalue weighted by Gasteiger charge is 2.21. The van der Waals surface area contributed by atoms with Crippen LogP contribution in [-0.2, 0) is 4.79 Å². The largest absolute Gasteiger partial charge is 0.507 e. The second-order valence-corrected chi connectivity index (χ2v) is 5.01. The minimum atomic E-state index is -0.764. The molecule has 1 unspecified atom stereocenters. The average Bonchev–Trinajstić information content (AvgIpc) is 2.35. The molecule has 0 saturated heterocycles. The highest BCUT2D eigenvalue weighted by molar-refractivity contribution is 6.01. The zero-order chi connectivity index (χ0) is 15.3. The van der Waals surface area contributed by atoms with Gasteiger partial charge in [0.25, 0.3) is 5.91 Å². The summed E-state index contributed by atoms with van der Waals surface area (Å²) in [6.07, 6.45) is 0. The van der Waals surface area contributed by atoms with E-state index < -0.39 is 11.9 Å². The van der Waals surface area contributed by atoms with Gasteiger partial charge in [0, 0.05) is 6.54 Å². The van der Waals surface area contributed by atoms with Gasteiger partial charge in [0.1, 0.15) is 23.1 Å². The number of phenolic OH excluding ortho intramolecular Hbond substituents is 2. The summed E-state index contributed by atoms with van der Waals surface area (Å²) in [5.41, 5.74) is -0.240. The number of benzene rings is 1. The first-order valence-electron chi connectivity index (χ1n) is 6.42. The molecule has 0 radical (unpaired) electrons. The van der Waals surface area contributed by atoms with Crippen LogP contribution in [-0.4, -0.2) is 34.6 Å². The van der Waals surface area contributed by atoms with Gasteiger partial charge in [-0.1, -0.05) is 19.9 Å². The van der Waals surface area contributed by atoms with Crippen LogP contribution < -0.4 is 10.6 Å². The molecule has 2 amide bonds. The quantitative estimate of drug-likeness (QED) is 0.646. The second-order valence-electron chi connectivity index (χ2n) is 5.01. The molecule has 1 aromatic carbocycles. The third kappa shape index (κ3) is 4.15. The lowest BCUT2D eigenvalue weighted by molar-refractivity contribution is -0.122. The van der Waals surface area contributed by atoms with E-state index in [1.54, 1.807) is 0 Å². The van der Waals surface area contributed by atoms with Crippen molar-refractivity contribution in [2.75, 3.05) is 6.54 Å². The molecule has 0 bridgehead atoms. The summed E-state index contributed by atoms with van der Waals surface area (Å²) in [5.74, 6) is -1.38. The Kier molecular flexibility index (Phi) is 5.37. The van der Waals surface area contributed by atoms with Gasteiger partial charge in [-0.25, -0.2) is 0 Å². The van der Waals surface area contributed by atoms with Gasteiger partial charge in [0.2, 0.25) is 5.91 Å². The minimum Gasteiger partial charge on any atom is -0.507 e. The van der Waals surface area contributed by atoms with E-state index in [4.69, 9.17) is 0 Å². The highest BCUT2D eigenvalue weighted by atomic mass is 16.3. The summed E-state index contributed by atoms with van der Waals surface area (Å²) in [6, 6.07) is 3.23. The lowest BCUT2D eigenvalue weighted by Gasteiger charge is -2.16. The van der Waals surface area contributed by atoms with Crippen molar-refractivity contribution in [3.05, 3.63) is 23.8 Å². The Bertz CT molecular complexity index is 480. The van der Waals surface area contributed by atoms with Gasteiger partial charge >= 0.3 is 0 Å². The number of hydrogen-bond acceptors (Lipinski definition) is 4. The van der Waals surface area contributed by atoms with Crippen molar-refractivity contribution in [1.82, 2.24) is 10.6 Å². The third-order valence-electron chi connectivity index (χ3n) is 2.67. The molecule has 1 aromatic rings. The van der Waals surface area contributed by atoms with Gasteiger partial charge in [-0.05, 0) is 25.0 Å². The van der Waals surface area contributed by atoms with Gasteiger partial charge in [-0.2, -0.15) is 0 Å². The Balaban J connectivity index is 2.68. The summed E-state index contributed by atoms with van der Waals surface area (Å²) in [5, 5.41) is 24.3. The maximum absolute atomic E-state index is 11.9. The van der Waals surface area contributed by atoms with E-state index in [0.717, 1.165) is 0 Å². The summed E-state index contributed by atoms with van der Waals surface area (Å²) in [4.78, 5) is 23.7. The molecule has 6 nitrogen and oxygen atoms in total. The fraction of sp³-hybridized carbons (Fsp3) is 0.429. The van der Waals surface area contributed by atoms with Crippen LogP contribution >= 0.6 is 0 Å². The first-order chi connectivity index (χ1) is 9.32. The summed E-state index contributed by atoms with van der Waals surface area (Å²) in [6.45, 7) is 5.97. The summed E-state index contributed by atoms with van der Waals surface area (Å²) < 4.78 is 0. The molecule has 0 saturated carbocycles. The molecule has 0 spiro atoms. The second kappa shape index (κ2) is 6.79. The highest BCUT2D eigenvalue weighted by Crippen LogP contribution is 2.25. The molecule has 0 aromatic heterocycles. The van der Waals surface area contributed by atoms with Crippen LogP contribution in [0.25, 0.3) is 0 Å². The number of nitrogens with one attached hydrogen (secondary N) is 2. The molecule has 1 atom stereocenters. The standard InChI is InChI=1S/C14H20N2O4/c1-8(2)7-15-13(19)9(3)16-14(20)12-10(17)5-4-6-11(12)18/h4-6,8-9,17-18H,7H2,1-3H3,(H,15,19)(H,16,20). The molecule has 0 heterocycles. The molecule has 0 aliphatic heterocycles. The Hall–Kier alpha value is -2.24. The number of rotatable bonds is 5. The number of phenols is 2. The maximum atomic E-state index is 11.9. The van der Waals surface area contributed by atoms with E-state index in [9.17, 15) is 19.8 Å². The number of hydrogen-bond donors (Lipinski definition) is 4. The van der Waals surface area contributed by atoms with Crippen LogP contribution in [0.4, 0.5) is 0 Å². The van der Waals surface area contributed by atoms with Crippen molar-refractivity contribution in [2.24, 2.45) is 5.92 Å². The molecule has 4 N–H and O–H groups in total. The maximum Gasteiger partial charge on any atom is 0.259 e. The Morgan fingerprint density at radius 3 is 2.20 bits per heavy atom. The normalized spacial score (nSPS) is 12.0. The van der Waals surface area contributed by atoms with Crippen LogP contribution in [0, 0.1) is 5.92 Å². The predicted octanol–water partition coefficient (Wildman–Crippen LogP) is 0.988. The van der Waals surface area contributed by atoms with Crippen LogP contribution in [0.3, 0.4) is 0 Å². The van der Waals surface area contributed by atoms with Gasteiger partial charge in [-0.15, -0.1) is 0 Å². The molecular weight excluding hydrogens is 260 g/mol. The Morgan fingerprint density at radius 2 is 1.70 bits per heavy atom. The van der Waals surface area contributed by atoms with E-state index in [0.29, 0.717) is 12.5 Å². The van der Waals surface area contributed by atoms with Crippen molar-refractivity contribution in [1.29, 1.82) is 0 Å². The molecule has 110 valence electrons. The number of aromatic hydroxyl groups is 2. The number of amides is 2. The smallest absolute Gasteiger partial charge is 0.259 e. The first-order valence-corrected chi connectivity index (χ1v) is 6.42. The molecular formula is C14H20N2O4. The lowest BCUT2D eigenvalue weighted by atomic mass is 10.1. The van der Waals surface area contributed by atoms with E-state index in [1.807, 2.05) is 13.8 Å². The fourth-order valence-corrected chi connectivity index (χ4v) is 1.55. The first kappa shape index (κ1) is 15.8. The molecule has 20 heavy (non-hydrogen) atoms. The zero-order valence-electron chi connectivity index (χ0n) is 11.8. The van der Waals surface area contributed by atoms with E-state index in [-0.39, 0.29) is 23.0 Å². The van der Waals surface area contributed by atoms with E-state index in [1.165, 1.54) is 25.1 Å². The van der Waals surface area contributed by atoms with Crippen molar-refractivity contribution in [3.63, 3.8) is 0 Å². The van der Waals surface area contributed by atoms with E-state index >= 15 is 0 Å². The Labute approximate surface area is 117 Å². The zero-order valence-corrected chi connectivity index (χ0v) is 11.8. The van der Waals surface area contributed by atoms with Gasteiger partial charge in [-0.3, -0.25) is 9.59 Å². The molecule has 0 fully saturated rings. The monoisotopic (exact) mass is 280 g/mol. The van der Waals surface area contributed by atoms with Crippen LogP contribution in [0.2, 0.25) is 0 Å². The van der Waals surface area contributed by atoms with Crippen molar-refractivity contribution < 1.29 is 19.8 Å². The van der Waals surface area contributed by atoms with Crippen LogP contribution in [0.1, 0.15) is 31.1 Å². The van der Waals surface area contributed by atoms with Crippen molar-refractivity contribution >= 4 is 11.8 Å². The predicted molar refractivity (Wildman–Crippen MR) is 74.5 cm³/mol. The van der Waals surface area contributed by atoms with Gasteiger partial charge < -0.3 is 20.8 Å². The SMILES string of the molecule is CC(C)CNC(=O)C(C)NC(=O)c1c(O)cccc1O. The number of carbonyl (C=O) groups excluding carboxylic acids is 2. The summed E-state index contributed by atoms with van der Waals surface area (Å²) >= 11 is 0. The molecule has 0 aliphatic carbocycles. The number of carbonyl (C=O) groups is 2.